The first-order valence-electron chi connectivity index (χ1n) is 8.70. The molecular weight excluding hydrogens is 314 g/mol. The van der Waals surface area contributed by atoms with Crippen LogP contribution < -0.4 is 4.74 Å². The second-order valence-electron chi connectivity index (χ2n) is 6.43. The molecule has 0 saturated heterocycles. The van der Waals surface area contributed by atoms with E-state index in [1.165, 1.54) is 5.56 Å². The van der Waals surface area contributed by atoms with E-state index in [4.69, 9.17) is 9.47 Å². The molecule has 1 N–H and O–H groups in total. The summed E-state index contributed by atoms with van der Waals surface area (Å²) in [5, 5.41) is 1.13. The molecule has 4 rings (SSSR count). The summed E-state index contributed by atoms with van der Waals surface area (Å²) in [6, 6.07) is 16.2. The number of carbonyl (C=O) groups is 1. The Hall–Kier alpha value is -2.75. The topological polar surface area (TPSA) is 51.3 Å². The second kappa shape index (κ2) is 6.63. The van der Waals surface area contributed by atoms with E-state index in [9.17, 15) is 4.79 Å². The van der Waals surface area contributed by atoms with Crippen LogP contribution >= 0.6 is 0 Å². The van der Waals surface area contributed by atoms with Crippen molar-refractivity contribution in [2.75, 3.05) is 6.61 Å². The van der Waals surface area contributed by atoms with Crippen molar-refractivity contribution < 1.29 is 14.3 Å². The fraction of sp³-hybridized carbons (Fsp3) is 0.286. The number of nitrogens with one attached hydrogen (secondary N) is 1. The van der Waals surface area contributed by atoms with E-state index < -0.39 is 0 Å². The van der Waals surface area contributed by atoms with Crippen LogP contribution in [0.3, 0.4) is 0 Å². The Morgan fingerprint density at radius 3 is 2.84 bits per heavy atom. The van der Waals surface area contributed by atoms with Gasteiger partial charge < -0.3 is 14.5 Å². The molecule has 1 heterocycles. The Bertz CT molecular complexity index is 885. The van der Waals surface area contributed by atoms with Gasteiger partial charge in [0.2, 0.25) is 0 Å². The van der Waals surface area contributed by atoms with Crippen LogP contribution in [0.1, 0.15) is 30.4 Å². The van der Waals surface area contributed by atoms with E-state index in [0.29, 0.717) is 13.2 Å². The number of benzene rings is 2. The summed E-state index contributed by atoms with van der Waals surface area (Å²) in [5.41, 5.74) is 3.39. The highest BCUT2D eigenvalue weighted by Crippen LogP contribution is 2.50. The first-order chi connectivity index (χ1) is 12.3. The van der Waals surface area contributed by atoms with Crippen LogP contribution in [0.25, 0.3) is 10.9 Å². The maximum Gasteiger partial charge on any atom is 0.309 e. The zero-order valence-corrected chi connectivity index (χ0v) is 14.2. The minimum absolute atomic E-state index is 0.00663. The van der Waals surface area contributed by atoms with Gasteiger partial charge in [0.05, 0.1) is 12.5 Å². The van der Waals surface area contributed by atoms with Crippen molar-refractivity contribution >= 4 is 16.9 Å². The normalized spacial score (nSPS) is 18.9. The number of H-pyrrole nitrogens is 1. The SMILES string of the molecule is CCOC(=O)C1CC1c1c[nH]c2ccc(OCc3ccccc3)cc12. The largest absolute Gasteiger partial charge is 0.489 e. The standard InChI is InChI=1S/C21H21NO3/c1-2-24-21(23)18-11-16(18)19-12-22-20-9-8-15(10-17(19)20)25-13-14-6-4-3-5-7-14/h3-10,12,16,18,22H,2,11,13H2,1H3. The molecule has 2 unspecified atom stereocenters. The van der Waals surface area contributed by atoms with Gasteiger partial charge in [-0.2, -0.15) is 0 Å². The molecule has 2 aromatic carbocycles. The molecule has 1 aliphatic carbocycles. The van der Waals surface area contributed by atoms with Gasteiger partial charge in [-0.25, -0.2) is 0 Å². The zero-order chi connectivity index (χ0) is 17.2. The number of fused-ring (bicyclic) bond motifs is 1. The molecule has 1 saturated carbocycles. The van der Waals surface area contributed by atoms with Crippen LogP contribution in [-0.2, 0) is 16.1 Å². The van der Waals surface area contributed by atoms with Crippen molar-refractivity contribution in [1.82, 2.24) is 4.98 Å². The molecule has 4 heteroatoms. The number of aromatic nitrogens is 1. The Morgan fingerprint density at radius 2 is 2.04 bits per heavy atom. The number of hydrogen-bond acceptors (Lipinski definition) is 3. The van der Waals surface area contributed by atoms with E-state index in [1.807, 2.05) is 55.6 Å². The number of hydrogen-bond donors (Lipinski definition) is 1. The van der Waals surface area contributed by atoms with Crippen LogP contribution in [0.15, 0.2) is 54.7 Å². The summed E-state index contributed by atoms with van der Waals surface area (Å²) in [7, 11) is 0. The summed E-state index contributed by atoms with van der Waals surface area (Å²) in [4.78, 5) is 15.2. The van der Waals surface area contributed by atoms with Gasteiger partial charge in [-0.15, -0.1) is 0 Å². The number of ether oxygens (including phenoxy) is 2. The molecule has 1 aromatic heterocycles. The van der Waals surface area contributed by atoms with Crippen molar-refractivity contribution in [2.24, 2.45) is 5.92 Å². The molecule has 25 heavy (non-hydrogen) atoms. The summed E-state index contributed by atoms with van der Waals surface area (Å²) in [6.45, 7) is 2.83. The molecule has 1 fully saturated rings. The third-order valence-corrected chi connectivity index (χ3v) is 4.71. The van der Waals surface area contributed by atoms with Crippen LogP contribution in [0.2, 0.25) is 0 Å². The van der Waals surface area contributed by atoms with Crippen LogP contribution in [0.4, 0.5) is 0 Å². The van der Waals surface area contributed by atoms with Gasteiger partial charge in [0.25, 0.3) is 0 Å². The lowest BCUT2D eigenvalue weighted by Gasteiger charge is -2.07. The maximum atomic E-state index is 11.9. The molecule has 1 aliphatic rings. The number of aromatic amines is 1. The molecule has 128 valence electrons. The number of esters is 1. The summed E-state index contributed by atoms with van der Waals surface area (Å²) < 4.78 is 11.1. The Morgan fingerprint density at radius 1 is 1.20 bits per heavy atom. The highest BCUT2D eigenvalue weighted by Gasteiger charge is 2.46. The van der Waals surface area contributed by atoms with Gasteiger partial charge in [-0.3, -0.25) is 4.79 Å². The lowest BCUT2D eigenvalue weighted by atomic mass is 10.1. The van der Waals surface area contributed by atoms with Gasteiger partial charge in [-0.1, -0.05) is 30.3 Å². The number of rotatable bonds is 6. The van der Waals surface area contributed by atoms with Crippen molar-refractivity contribution in [2.45, 2.75) is 25.9 Å². The monoisotopic (exact) mass is 335 g/mol. The highest BCUT2D eigenvalue weighted by molar-refractivity contribution is 5.87. The minimum atomic E-state index is -0.0849. The highest BCUT2D eigenvalue weighted by atomic mass is 16.5. The maximum absolute atomic E-state index is 11.9. The zero-order valence-electron chi connectivity index (χ0n) is 14.2. The predicted molar refractivity (Wildman–Crippen MR) is 96.6 cm³/mol. The molecule has 0 radical (unpaired) electrons. The van der Waals surface area contributed by atoms with Crippen molar-refractivity contribution in [3.63, 3.8) is 0 Å². The van der Waals surface area contributed by atoms with E-state index in [1.54, 1.807) is 0 Å². The predicted octanol–water partition coefficient (Wildman–Crippen LogP) is 4.41. The quantitative estimate of drug-likeness (QED) is 0.679. The average Bonchev–Trinajstić information content (AvgIpc) is 3.33. The smallest absolute Gasteiger partial charge is 0.309 e. The average molecular weight is 335 g/mol. The van der Waals surface area contributed by atoms with Crippen molar-refractivity contribution in [3.8, 4) is 5.75 Å². The molecule has 0 spiro atoms. The lowest BCUT2D eigenvalue weighted by molar-refractivity contribution is -0.144. The van der Waals surface area contributed by atoms with Crippen LogP contribution in [0.5, 0.6) is 5.75 Å². The Labute approximate surface area is 146 Å². The van der Waals surface area contributed by atoms with E-state index in [0.717, 1.165) is 28.6 Å². The molecular formula is C21H21NO3. The van der Waals surface area contributed by atoms with Crippen molar-refractivity contribution in [3.05, 3.63) is 65.9 Å². The lowest BCUT2D eigenvalue weighted by Crippen LogP contribution is -2.07. The third-order valence-electron chi connectivity index (χ3n) is 4.71. The van der Waals surface area contributed by atoms with Gasteiger partial charge in [0, 0.05) is 23.0 Å². The molecule has 4 nitrogen and oxygen atoms in total. The fourth-order valence-electron chi connectivity index (χ4n) is 3.31. The molecule has 0 amide bonds. The fourth-order valence-corrected chi connectivity index (χ4v) is 3.31. The van der Waals surface area contributed by atoms with Crippen LogP contribution in [-0.4, -0.2) is 17.6 Å². The van der Waals surface area contributed by atoms with Crippen LogP contribution in [0, 0.1) is 5.92 Å². The third kappa shape index (κ3) is 3.25. The molecule has 0 bridgehead atoms. The van der Waals surface area contributed by atoms with E-state index in [-0.39, 0.29) is 17.8 Å². The molecule has 0 aliphatic heterocycles. The van der Waals surface area contributed by atoms with Gasteiger partial charge >= 0.3 is 5.97 Å². The summed E-state index contributed by atoms with van der Waals surface area (Å²) in [6.07, 6.45) is 2.87. The Kier molecular flexibility index (Phi) is 4.18. The van der Waals surface area contributed by atoms with Gasteiger partial charge in [0.15, 0.2) is 0 Å². The van der Waals surface area contributed by atoms with Gasteiger partial charge in [0.1, 0.15) is 12.4 Å². The molecule has 2 atom stereocenters. The number of carbonyl (C=O) groups excluding carboxylic acids is 1. The van der Waals surface area contributed by atoms with E-state index in [2.05, 4.69) is 11.1 Å². The van der Waals surface area contributed by atoms with E-state index >= 15 is 0 Å². The first-order valence-corrected chi connectivity index (χ1v) is 8.70. The molecule has 3 aromatic rings. The second-order valence-corrected chi connectivity index (χ2v) is 6.43. The Balaban J connectivity index is 1.51. The summed E-state index contributed by atoms with van der Waals surface area (Å²) >= 11 is 0. The summed E-state index contributed by atoms with van der Waals surface area (Å²) in [5.74, 6) is 0.994. The van der Waals surface area contributed by atoms with Gasteiger partial charge in [-0.05, 0) is 42.7 Å². The first kappa shape index (κ1) is 15.8. The van der Waals surface area contributed by atoms with Crippen molar-refractivity contribution in [1.29, 1.82) is 0 Å². The minimum Gasteiger partial charge on any atom is -0.489 e.